The van der Waals surface area contributed by atoms with Crippen molar-refractivity contribution in [3.8, 4) is 0 Å². The summed E-state index contributed by atoms with van der Waals surface area (Å²) in [4.78, 5) is 44.9. The molecule has 13 nitrogen and oxygen atoms in total. The summed E-state index contributed by atoms with van der Waals surface area (Å²) in [6.07, 6.45) is -15.5. The van der Waals surface area contributed by atoms with Crippen LogP contribution in [0.3, 0.4) is 0 Å². The number of Topliss-reactive ketones (excluding diaryl/α,β-unsaturated/α-hetero) is 1. The van der Waals surface area contributed by atoms with Crippen LogP contribution < -0.4 is 0 Å². The van der Waals surface area contributed by atoms with Gasteiger partial charge in [-0.15, -0.1) is 0 Å². The van der Waals surface area contributed by atoms with Crippen molar-refractivity contribution in [3.05, 3.63) is 0 Å². The Kier molecular flexibility index (Phi) is 10.0. The number of aldehydes is 1. The fourth-order valence-corrected chi connectivity index (χ4v) is 1.74. The zero-order valence-electron chi connectivity index (χ0n) is 13.4. The molecule has 0 fully saturated rings. The summed E-state index contributed by atoms with van der Waals surface area (Å²) in [6, 6.07) is 0. The summed E-state index contributed by atoms with van der Waals surface area (Å²) in [5.74, 6) is -5.56. The normalized spacial score (nSPS) is 19.3. The molecule has 0 heterocycles. The molecule has 0 aromatic rings. The van der Waals surface area contributed by atoms with E-state index in [0.29, 0.717) is 0 Å². The third kappa shape index (κ3) is 6.06. The van der Waals surface area contributed by atoms with Crippen molar-refractivity contribution in [1.82, 2.24) is 0 Å². The van der Waals surface area contributed by atoms with E-state index in [9.17, 15) is 39.6 Å². The molecule has 0 aliphatic carbocycles. The maximum atomic E-state index is 11.6. The van der Waals surface area contributed by atoms with Gasteiger partial charge in [-0.1, -0.05) is 0 Å². The SMILES string of the molecule is CO[C@@H]([C@H](O)[C@H](C=O)OC(=O)C(=O)[C@@H](O)[C@H](O)[C@@H](O)CO)[C@H](O)C(=O)O. The first-order valence-corrected chi connectivity index (χ1v) is 7.00. The van der Waals surface area contributed by atoms with E-state index in [2.05, 4.69) is 9.47 Å². The summed E-state index contributed by atoms with van der Waals surface area (Å²) >= 11 is 0. The number of carbonyl (C=O) groups is 4. The Morgan fingerprint density at radius 3 is 1.92 bits per heavy atom. The average Bonchev–Trinajstić information content (AvgIpc) is 2.63. The molecule has 0 radical (unpaired) electrons. The average molecular weight is 384 g/mol. The van der Waals surface area contributed by atoms with Gasteiger partial charge < -0.3 is 45.2 Å². The minimum absolute atomic E-state index is 0.193. The predicted octanol–water partition coefficient (Wildman–Crippen LogP) is -5.44. The van der Waals surface area contributed by atoms with Gasteiger partial charge in [0.1, 0.15) is 24.4 Å². The van der Waals surface area contributed by atoms with Crippen LogP contribution in [0.4, 0.5) is 0 Å². The molecular weight excluding hydrogens is 364 g/mol. The van der Waals surface area contributed by atoms with Gasteiger partial charge in [0, 0.05) is 7.11 Å². The van der Waals surface area contributed by atoms with Gasteiger partial charge in [-0.05, 0) is 0 Å². The Morgan fingerprint density at radius 1 is 1.00 bits per heavy atom. The molecule has 0 rings (SSSR count). The minimum atomic E-state index is -2.52. The molecule has 0 bridgehead atoms. The Balaban J connectivity index is 5.14. The maximum absolute atomic E-state index is 11.6. The molecule has 0 saturated carbocycles. The van der Waals surface area contributed by atoms with Crippen LogP contribution in [0, 0.1) is 0 Å². The van der Waals surface area contributed by atoms with Gasteiger partial charge >= 0.3 is 11.9 Å². The molecule has 0 saturated heterocycles. The highest BCUT2D eigenvalue weighted by Gasteiger charge is 2.41. The number of aliphatic hydroxyl groups is 6. The topological polar surface area (TPSA) is 228 Å². The zero-order chi connectivity index (χ0) is 20.6. The van der Waals surface area contributed by atoms with Crippen molar-refractivity contribution < 1.29 is 64.4 Å². The van der Waals surface area contributed by atoms with Crippen LogP contribution >= 0.6 is 0 Å². The van der Waals surface area contributed by atoms with Crippen molar-refractivity contribution in [3.63, 3.8) is 0 Å². The first kappa shape index (κ1) is 24.0. The molecule has 0 aliphatic heterocycles. The minimum Gasteiger partial charge on any atom is -0.479 e. The van der Waals surface area contributed by atoms with Crippen LogP contribution in [-0.2, 0) is 28.7 Å². The highest BCUT2D eigenvalue weighted by Crippen LogP contribution is 2.12. The van der Waals surface area contributed by atoms with Crippen molar-refractivity contribution in [2.75, 3.05) is 13.7 Å². The third-order valence-corrected chi connectivity index (χ3v) is 3.26. The molecule has 150 valence electrons. The van der Waals surface area contributed by atoms with E-state index in [1.165, 1.54) is 0 Å². The van der Waals surface area contributed by atoms with Crippen molar-refractivity contribution in [2.24, 2.45) is 0 Å². The molecule has 0 aromatic heterocycles. The number of carbonyl (C=O) groups excluding carboxylic acids is 3. The van der Waals surface area contributed by atoms with Crippen molar-refractivity contribution in [1.29, 1.82) is 0 Å². The first-order chi connectivity index (χ1) is 12.0. The highest BCUT2D eigenvalue weighted by molar-refractivity contribution is 6.35. The van der Waals surface area contributed by atoms with Gasteiger partial charge in [0.25, 0.3) is 5.78 Å². The van der Waals surface area contributed by atoms with E-state index in [1.807, 2.05) is 0 Å². The molecule has 7 atom stereocenters. The van der Waals surface area contributed by atoms with E-state index in [4.69, 9.17) is 15.3 Å². The lowest BCUT2D eigenvalue weighted by Crippen LogP contribution is -2.52. The number of methoxy groups -OCH3 is 1. The summed E-state index contributed by atoms with van der Waals surface area (Å²) in [5, 5.41) is 64.3. The quantitative estimate of drug-likeness (QED) is 0.0947. The lowest BCUT2D eigenvalue weighted by atomic mass is 10.0. The number of ketones is 1. The molecule has 26 heavy (non-hydrogen) atoms. The molecular formula is C13H20O13. The van der Waals surface area contributed by atoms with Crippen molar-refractivity contribution >= 4 is 24.0 Å². The second kappa shape index (κ2) is 10.9. The molecule has 7 N–H and O–H groups in total. The number of hydrogen-bond acceptors (Lipinski definition) is 12. The molecule has 0 spiro atoms. The molecule has 0 aliphatic rings. The highest BCUT2D eigenvalue weighted by atomic mass is 16.6. The fraction of sp³-hybridized carbons (Fsp3) is 0.692. The van der Waals surface area contributed by atoms with E-state index in [0.717, 1.165) is 7.11 Å². The van der Waals surface area contributed by atoms with Crippen LogP contribution in [0.15, 0.2) is 0 Å². The molecule has 0 unspecified atom stereocenters. The molecule has 0 aromatic carbocycles. The van der Waals surface area contributed by atoms with Gasteiger partial charge in [-0.25, -0.2) is 9.59 Å². The number of rotatable bonds is 12. The number of ether oxygens (including phenoxy) is 2. The lowest BCUT2D eigenvalue weighted by Gasteiger charge is -2.27. The third-order valence-electron chi connectivity index (χ3n) is 3.26. The van der Waals surface area contributed by atoms with Gasteiger partial charge in [-0.3, -0.25) is 9.59 Å². The van der Waals surface area contributed by atoms with E-state index < -0.39 is 67.1 Å². The van der Waals surface area contributed by atoms with Gasteiger partial charge in [0.2, 0.25) is 0 Å². The number of hydrogen-bond donors (Lipinski definition) is 7. The smallest absolute Gasteiger partial charge is 0.378 e. The Bertz CT molecular complexity index is 506. The van der Waals surface area contributed by atoms with Gasteiger partial charge in [-0.2, -0.15) is 0 Å². The van der Waals surface area contributed by atoms with Crippen LogP contribution in [0.25, 0.3) is 0 Å². The van der Waals surface area contributed by atoms with E-state index in [-0.39, 0.29) is 6.29 Å². The standard InChI is InChI=1S/C13H20O13/c1-25-11(10(21)12(22)23)7(18)5(3-15)26-13(24)9(20)8(19)6(17)4(16)2-14/h3-8,10-11,14,16-19,21H,2H2,1H3,(H,22,23)/t4-,5-,6+,7+,8-,10-,11-/m0/s1. The van der Waals surface area contributed by atoms with Gasteiger partial charge in [0.15, 0.2) is 24.6 Å². The van der Waals surface area contributed by atoms with E-state index >= 15 is 0 Å². The summed E-state index contributed by atoms with van der Waals surface area (Å²) in [7, 11) is 0.880. The second-order valence-electron chi connectivity index (χ2n) is 5.03. The van der Waals surface area contributed by atoms with E-state index in [1.54, 1.807) is 0 Å². The largest absolute Gasteiger partial charge is 0.479 e. The Labute approximate surface area is 146 Å². The first-order valence-electron chi connectivity index (χ1n) is 7.00. The Morgan fingerprint density at radius 2 is 1.54 bits per heavy atom. The summed E-state index contributed by atoms with van der Waals surface area (Å²) in [6.45, 7) is -1.04. The molecule has 13 heteroatoms. The van der Waals surface area contributed by atoms with Crippen LogP contribution in [-0.4, -0.2) is 116 Å². The summed E-state index contributed by atoms with van der Waals surface area (Å²) < 4.78 is 8.84. The maximum Gasteiger partial charge on any atom is 0.378 e. The summed E-state index contributed by atoms with van der Waals surface area (Å²) in [5.41, 5.74) is 0. The van der Waals surface area contributed by atoms with Gasteiger partial charge in [0.05, 0.1) is 6.61 Å². The monoisotopic (exact) mass is 384 g/mol. The zero-order valence-corrected chi connectivity index (χ0v) is 13.4. The fourth-order valence-electron chi connectivity index (χ4n) is 1.74. The second-order valence-corrected chi connectivity index (χ2v) is 5.03. The van der Waals surface area contributed by atoms with Crippen LogP contribution in [0.1, 0.15) is 0 Å². The lowest BCUT2D eigenvalue weighted by molar-refractivity contribution is -0.181. The van der Waals surface area contributed by atoms with Crippen LogP contribution in [0.2, 0.25) is 0 Å². The Hall–Kier alpha value is -2.00. The molecule has 0 amide bonds. The number of aliphatic carboxylic acids is 1. The number of carboxylic acid groups (broad SMARTS) is 1. The number of aliphatic hydroxyl groups excluding tert-OH is 6. The number of carboxylic acids is 1. The number of esters is 1. The predicted molar refractivity (Wildman–Crippen MR) is 76.5 cm³/mol. The van der Waals surface area contributed by atoms with Crippen molar-refractivity contribution in [2.45, 2.75) is 42.7 Å². The van der Waals surface area contributed by atoms with Crippen LogP contribution in [0.5, 0.6) is 0 Å².